The number of carbonyl (C=O) groups excluding carboxylic acids is 4. The summed E-state index contributed by atoms with van der Waals surface area (Å²) >= 11 is 3.98. The Morgan fingerprint density at radius 2 is 1.38 bits per heavy atom. The van der Waals surface area contributed by atoms with Crippen molar-refractivity contribution in [2.75, 3.05) is 5.75 Å². The highest BCUT2D eigenvalue weighted by Gasteiger charge is 2.30. The molecule has 4 amide bonds. The van der Waals surface area contributed by atoms with Crippen molar-refractivity contribution >= 4 is 48.2 Å². The van der Waals surface area contributed by atoms with Crippen molar-refractivity contribution in [1.82, 2.24) is 16.0 Å². The van der Waals surface area contributed by atoms with Crippen LogP contribution in [0.25, 0.3) is 0 Å². The molecule has 0 spiro atoms. The molecule has 14 heteroatoms. The van der Waals surface area contributed by atoms with E-state index in [2.05, 4.69) is 28.6 Å². The molecular formula is C18H31N5O8S. The third-order valence-electron chi connectivity index (χ3n) is 4.18. The van der Waals surface area contributed by atoms with Crippen LogP contribution in [-0.2, 0) is 28.8 Å². The number of carbonyl (C=O) groups is 6. The lowest BCUT2D eigenvalue weighted by Gasteiger charge is -2.24. The highest BCUT2D eigenvalue weighted by atomic mass is 32.1. The van der Waals surface area contributed by atoms with Crippen LogP contribution in [0.3, 0.4) is 0 Å². The van der Waals surface area contributed by atoms with Crippen molar-refractivity contribution in [3.05, 3.63) is 0 Å². The lowest BCUT2D eigenvalue weighted by atomic mass is 10.0. The van der Waals surface area contributed by atoms with Gasteiger partial charge in [-0.3, -0.25) is 24.0 Å². The molecule has 0 aliphatic rings. The Kier molecular flexibility index (Phi) is 13.0. The summed E-state index contributed by atoms with van der Waals surface area (Å²) in [6, 6.07) is -5.20. The van der Waals surface area contributed by atoms with Crippen LogP contribution in [0.2, 0.25) is 0 Å². The van der Waals surface area contributed by atoms with E-state index in [0.717, 1.165) is 0 Å². The van der Waals surface area contributed by atoms with Gasteiger partial charge in [-0.15, -0.1) is 0 Å². The molecule has 0 heterocycles. The lowest BCUT2D eigenvalue weighted by molar-refractivity contribution is -0.143. The fourth-order valence-corrected chi connectivity index (χ4v) is 2.79. The zero-order valence-electron chi connectivity index (χ0n) is 17.9. The molecule has 4 atom stereocenters. The third-order valence-corrected chi connectivity index (χ3v) is 4.55. The molecule has 0 fully saturated rings. The number of thiol groups is 1. The zero-order chi connectivity index (χ0) is 25.0. The van der Waals surface area contributed by atoms with Gasteiger partial charge in [-0.25, -0.2) is 4.79 Å². The second kappa shape index (κ2) is 14.2. The Balaban J connectivity index is 5.24. The molecule has 0 radical (unpaired) electrons. The Bertz CT molecular complexity index is 717. The van der Waals surface area contributed by atoms with Crippen molar-refractivity contribution in [3.63, 3.8) is 0 Å². The Morgan fingerprint density at radius 1 is 0.875 bits per heavy atom. The molecule has 0 aromatic heterocycles. The van der Waals surface area contributed by atoms with Gasteiger partial charge < -0.3 is 37.6 Å². The van der Waals surface area contributed by atoms with Crippen LogP contribution in [-0.4, -0.2) is 75.7 Å². The van der Waals surface area contributed by atoms with Crippen molar-refractivity contribution in [2.45, 2.75) is 63.7 Å². The van der Waals surface area contributed by atoms with E-state index in [1.165, 1.54) is 0 Å². The van der Waals surface area contributed by atoms with Crippen molar-refractivity contribution in [3.8, 4) is 0 Å². The zero-order valence-corrected chi connectivity index (χ0v) is 18.8. The van der Waals surface area contributed by atoms with Gasteiger partial charge in [0.15, 0.2) is 0 Å². The van der Waals surface area contributed by atoms with E-state index in [1.54, 1.807) is 13.8 Å². The topological polar surface area (TPSA) is 231 Å². The highest BCUT2D eigenvalue weighted by molar-refractivity contribution is 7.80. The number of hydrogen-bond donors (Lipinski definition) is 8. The smallest absolute Gasteiger partial charge is 0.326 e. The number of nitrogens with one attached hydrogen (secondary N) is 3. The number of carboxylic acids is 2. The molecule has 0 rings (SSSR count). The summed E-state index contributed by atoms with van der Waals surface area (Å²) in [6.07, 6.45) is -1.05. The van der Waals surface area contributed by atoms with E-state index in [0.29, 0.717) is 0 Å². The van der Waals surface area contributed by atoms with Crippen LogP contribution in [0, 0.1) is 5.92 Å². The molecule has 9 N–H and O–H groups in total. The van der Waals surface area contributed by atoms with Crippen LogP contribution in [0.4, 0.5) is 0 Å². The van der Waals surface area contributed by atoms with Crippen molar-refractivity contribution in [1.29, 1.82) is 0 Å². The van der Waals surface area contributed by atoms with E-state index in [9.17, 15) is 33.9 Å². The summed E-state index contributed by atoms with van der Waals surface area (Å²) in [5.74, 6) is -6.23. The molecule has 0 saturated carbocycles. The molecule has 0 aliphatic heterocycles. The predicted octanol–water partition coefficient (Wildman–Crippen LogP) is -2.43. The van der Waals surface area contributed by atoms with Gasteiger partial charge in [0.1, 0.15) is 18.1 Å². The maximum atomic E-state index is 12.6. The highest BCUT2D eigenvalue weighted by Crippen LogP contribution is 2.06. The second-order valence-electron chi connectivity index (χ2n) is 7.54. The van der Waals surface area contributed by atoms with E-state index in [4.69, 9.17) is 16.6 Å². The average molecular weight is 478 g/mol. The molecular weight excluding hydrogens is 446 g/mol. The number of rotatable bonds is 15. The quantitative estimate of drug-likeness (QED) is 0.117. The van der Waals surface area contributed by atoms with E-state index < -0.39 is 66.2 Å². The lowest BCUT2D eigenvalue weighted by Crippen LogP contribution is -2.58. The normalized spacial score (nSPS) is 14.5. The van der Waals surface area contributed by atoms with Gasteiger partial charge in [0, 0.05) is 12.2 Å². The largest absolute Gasteiger partial charge is 0.481 e. The predicted molar refractivity (Wildman–Crippen MR) is 115 cm³/mol. The second-order valence-corrected chi connectivity index (χ2v) is 7.91. The van der Waals surface area contributed by atoms with Gasteiger partial charge >= 0.3 is 11.9 Å². The molecule has 0 aliphatic carbocycles. The minimum absolute atomic E-state index is 0.0269. The molecule has 0 bridgehead atoms. The van der Waals surface area contributed by atoms with Crippen LogP contribution >= 0.6 is 12.6 Å². The van der Waals surface area contributed by atoms with E-state index >= 15 is 0 Å². The Hall–Kier alpha value is -2.87. The van der Waals surface area contributed by atoms with Gasteiger partial charge in [0.25, 0.3) is 0 Å². The van der Waals surface area contributed by atoms with Crippen molar-refractivity contribution in [2.24, 2.45) is 17.4 Å². The summed E-state index contributed by atoms with van der Waals surface area (Å²) in [5.41, 5.74) is 10.7. The minimum Gasteiger partial charge on any atom is -0.481 e. The summed E-state index contributed by atoms with van der Waals surface area (Å²) in [6.45, 7) is 3.55. The Morgan fingerprint density at radius 3 is 1.81 bits per heavy atom. The first-order valence-electron chi connectivity index (χ1n) is 9.78. The maximum absolute atomic E-state index is 12.6. The third kappa shape index (κ3) is 11.5. The van der Waals surface area contributed by atoms with Gasteiger partial charge in [0.2, 0.25) is 23.6 Å². The first kappa shape index (κ1) is 29.1. The van der Waals surface area contributed by atoms with Gasteiger partial charge in [-0.05, 0) is 18.8 Å². The summed E-state index contributed by atoms with van der Waals surface area (Å²) in [7, 11) is 0. The molecule has 182 valence electrons. The summed E-state index contributed by atoms with van der Waals surface area (Å²) < 4.78 is 0. The average Bonchev–Trinajstić information content (AvgIpc) is 2.67. The first-order chi connectivity index (χ1) is 14.8. The molecule has 0 saturated heterocycles. The van der Waals surface area contributed by atoms with Crippen LogP contribution in [0.15, 0.2) is 0 Å². The molecule has 4 unspecified atom stereocenters. The number of amides is 4. The van der Waals surface area contributed by atoms with Gasteiger partial charge in [-0.1, -0.05) is 13.8 Å². The molecule has 13 nitrogen and oxygen atoms in total. The van der Waals surface area contributed by atoms with Crippen molar-refractivity contribution < 1.29 is 39.0 Å². The number of nitrogens with two attached hydrogens (primary N) is 2. The maximum Gasteiger partial charge on any atom is 0.326 e. The number of primary amides is 1. The SMILES string of the molecule is CC(C)CC(NC(=O)C(CS)NC(=O)C(CC(N)=O)NC(=O)C(N)CCC(=O)O)C(=O)O. The van der Waals surface area contributed by atoms with Crippen LogP contribution < -0.4 is 27.4 Å². The number of hydrogen-bond acceptors (Lipinski definition) is 8. The van der Waals surface area contributed by atoms with E-state index in [-0.39, 0.29) is 30.9 Å². The fourth-order valence-electron chi connectivity index (χ4n) is 2.53. The molecule has 32 heavy (non-hydrogen) atoms. The fraction of sp³-hybridized carbons (Fsp3) is 0.667. The van der Waals surface area contributed by atoms with Gasteiger partial charge in [0.05, 0.1) is 12.5 Å². The Labute approximate surface area is 190 Å². The van der Waals surface area contributed by atoms with E-state index in [1.807, 2.05) is 0 Å². The minimum atomic E-state index is -1.49. The summed E-state index contributed by atoms with van der Waals surface area (Å²) in [5, 5.41) is 24.7. The standard InChI is InChI=1S/C18H31N5O8S/c1-8(2)5-11(18(30)31)22-17(29)12(7-32)23-16(28)10(6-13(20)24)21-15(27)9(19)3-4-14(25)26/h8-12,32H,3-7,19H2,1-2H3,(H2,20,24)(H,21,27)(H,22,29)(H,23,28)(H,25,26)(H,30,31). The molecule has 0 aromatic rings. The van der Waals surface area contributed by atoms with Crippen LogP contribution in [0.1, 0.15) is 39.5 Å². The number of carboxylic acid groups (broad SMARTS) is 2. The van der Waals surface area contributed by atoms with Gasteiger partial charge in [-0.2, -0.15) is 12.6 Å². The monoisotopic (exact) mass is 477 g/mol. The first-order valence-corrected chi connectivity index (χ1v) is 10.4. The summed E-state index contributed by atoms with van der Waals surface area (Å²) in [4.78, 5) is 70.4. The van der Waals surface area contributed by atoms with Crippen LogP contribution in [0.5, 0.6) is 0 Å². The number of aliphatic carboxylic acids is 2. The molecule has 0 aromatic carbocycles.